The summed E-state index contributed by atoms with van der Waals surface area (Å²) in [6.07, 6.45) is -0.588. The molecule has 0 saturated carbocycles. The van der Waals surface area contributed by atoms with Gasteiger partial charge in [0.15, 0.2) is 6.10 Å². The maximum absolute atomic E-state index is 12.9. The number of fused-ring (bicyclic) bond motifs is 1. The lowest BCUT2D eigenvalue weighted by Gasteiger charge is -2.25. The second kappa shape index (κ2) is 7.36. The van der Waals surface area contributed by atoms with Crippen LogP contribution in [0.25, 0.3) is 0 Å². The minimum Gasteiger partial charge on any atom is -0.479 e. The van der Waals surface area contributed by atoms with Gasteiger partial charge in [0.2, 0.25) is 0 Å². The van der Waals surface area contributed by atoms with Gasteiger partial charge in [0.1, 0.15) is 5.75 Å². The van der Waals surface area contributed by atoms with Gasteiger partial charge in [-0.1, -0.05) is 35.9 Å². The monoisotopic (exact) mass is 358 g/mol. The van der Waals surface area contributed by atoms with E-state index in [1.54, 1.807) is 13.0 Å². The fourth-order valence-corrected chi connectivity index (χ4v) is 3.24. The molecular weight excluding hydrogens is 336 g/mol. The number of nitrogens with zero attached hydrogens (tertiary/aromatic N) is 2. The predicted molar refractivity (Wildman–Crippen MR) is 101 cm³/mol. The van der Waals surface area contributed by atoms with Gasteiger partial charge in [-0.2, -0.15) is 0 Å². The van der Waals surface area contributed by atoms with Crippen LogP contribution >= 0.6 is 11.6 Å². The van der Waals surface area contributed by atoms with E-state index >= 15 is 0 Å². The first-order valence-corrected chi connectivity index (χ1v) is 8.84. The highest BCUT2D eigenvalue weighted by atomic mass is 35.5. The lowest BCUT2D eigenvalue weighted by molar-refractivity contribution is -0.138. The number of amides is 1. The third kappa shape index (κ3) is 3.90. The van der Waals surface area contributed by atoms with E-state index in [2.05, 4.69) is 24.1 Å². The number of anilines is 1. The Morgan fingerprint density at radius 3 is 2.76 bits per heavy atom. The average molecular weight is 359 g/mol. The summed E-state index contributed by atoms with van der Waals surface area (Å²) >= 11 is 6.19. The first-order chi connectivity index (χ1) is 12.0. The standard InChI is InChI=1S/C20H23ClN2O2/c1-14-8-9-17(21)19(12-14)25-15(2)20(24)23-11-10-22(3)18-7-5-4-6-16(18)13-23/h4-9,12,15H,10-11,13H2,1-3H3. The Labute approximate surface area is 154 Å². The molecule has 0 saturated heterocycles. The van der Waals surface area contributed by atoms with Gasteiger partial charge in [0, 0.05) is 32.4 Å². The zero-order valence-corrected chi connectivity index (χ0v) is 15.6. The van der Waals surface area contributed by atoms with E-state index in [9.17, 15) is 4.79 Å². The van der Waals surface area contributed by atoms with Crippen LogP contribution in [-0.4, -0.2) is 37.0 Å². The van der Waals surface area contributed by atoms with Crippen LogP contribution in [0.2, 0.25) is 5.02 Å². The maximum Gasteiger partial charge on any atom is 0.263 e. The summed E-state index contributed by atoms with van der Waals surface area (Å²) < 4.78 is 5.86. The average Bonchev–Trinajstić information content (AvgIpc) is 2.77. The molecule has 2 aromatic rings. The molecule has 0 aliphatic carbocycles. The van der Waals surface area contributed by atoms with Crippen molar-refractivity contribution in [1.82, 2.24) is 4.90 Å². The number of hydrogen-bond donors (Lipinski definition) is 0. The third-order valence-electron chi connectivity index (χ3n) is 4.52. The van der Waals surface area contributed by atoms with Gasteiger partial charge in [-0.15, -0.1) is 0 Å². The summed E-state index contributed by atoms with van der Waals surface area (Å²) in [5.41, 5.74) is 3.37. The molecule has 0 N–H and O–H groups in total. The number of para-hydroxylation sites is 1. The number of benzene rings is 2. The van der Waals surface area contributed by atoms with Crippen molar-refractivity contribution in [3.63, 3.8) is 0 Å². The van der Waals surface area contributed by atoms with Crippen LogP contribution in [0.15, 0.2) is 42.5 Å². The molecule has 0 fully saturated rings. The second-order valence-corrected chi connectivity index (χ2v) is 6.91. The minimum atomic E-state index is -0.588. The number of ether oxygens (including phenoxy) is 1. The van der Waals surface area contributed by atoms with E-state index in [1.165, 1.54) is 5.69 Å². The molecule has 0 aromatic heterocycles. The number of rotatable bonds is 3. The van der Waals surface area contributed by atoms with Crippen LogP contribution < -0.4 is 9.64 Å². The summed E-state index contributed by atoms with van der Waals surface area (Å²) in [5, 5.41) is 0.520. The fraction of sp³-hybridized carbons (Fsp3) is 0.350. The normalized spacial score (nSPS) is 15.4. The molecule has 25 heavy (non-hydrogen) atoms. The zero-order chi connectivity index (χ0) is 18.0. The van der Waals surface area contributed by atoms with E-state index in [4.69, 9.17) is 16.3 Å². The summed E-state index contributed by atoms with van der Waals surface area (Å²) in [6, 6.07) is 13.8. The van der Waals surface area contributed by atoms with Crippen molar-refractivity contribution in [3.05, 3.63) is 58.6 Å². The summed E-state index contributed by atoms with van der Waals surface area (Å²) in [5.74, 6) is 0.525. The van der Waals surface area contributed by atoms with E-state index in [0.29, 0.717) is 23.9 Å². The van der Waals surface area contributed by atoms with Gasteiger partial charge in [-0.05, 0) is 43.2 Å². The Kier molecular flexibility index (Phi) is 5.19. The lowest BCUT2D eigenvalue weighted by atomic mass is 10.1. The molecule has 3 rings (SSSR count). The van der Waals surface area contributed by atoms with Crippen molar-refractivity contribution in [2.24, 2.45) is 0 Å². The molecule has 4 nitrogen and oxygen atoms in total. The van der Waals surface area contributed by atoms with Crippen LogP contribution in [0.5, 0.6) is 5.75 Å². The number of likely N-dealkylation sites (N-methyl/N-ethyl adjacent to an activating group) is 1. The van der Waals surface area contributed by atoms with E-state index in [-0.39, 0.29) is 5.91 Å². The number of hydrogen-bond acceptors (Lipinski definition) is 3. The second-order valence-electron chi connectivity index (χ2n) is 6.50. The Hall–Kier alpha value is -2.20. The highest BCUT2D eigenvalue weighted by molar-refractivity contribution is 6.32. The quantitative estimate of drug-likeness (QED) is 0.834. The summed E-state index contributed by atoms with van der Waals surface area (Å²) in [4.78, 5) is 17.0. The number of halogens is 1. The molecule has 1 amide bonds. The van der Waals surface area contributed by atoms with Crippen LogP contribution in [0.3, 0.4) is 0 Å². The Morgan fingerprint density at radius 2 is 1.96 bits per heavy atom. The smallest absolute Gasteiger partial charge is 0.263 e. The molecule has 132 valence electrons. The van der Waals surface area contributed by atoms with Crippen molar-refractivity contribution < 1.29 is 9.53 Å². The number of carbonyl (C=O) groups is 1. The topological polar surface area (TPSA) is 32.8 Å². The van der Waals surface area contributed by atoms with Crippen LogP contribution in [-0.2, 0) is 11.3 Å². The van der Waals surface area contributed by atoms with Gasteiger partial charge in [0.25, 0.3) is 5.91 Å². The first-order valence-electron chi connectivity index (χ1n) is 8.46. The number of aryl methyl sites for hydroxylation is 1. The van der Waals surface area contributed by atoms with Crippen LogP contribution in [0.4, 0.5) is 5.69 Å². The van der Waals surface area contributed by atoms with Crippen molar-refractivity contribution in [3.8, 4) is 5.75 Å². The molecule has 1 aliphatic rings. The highest BCUT2D eigenvalue weighted by Gasteiger charge is 2.26. The molecular formula is C20H23ClN2O2. The molecule has 5 heteroatoms. The fourth-order valence-electron chi connectivity index (χ4n) is 3.08. The molecule has 0 spiro atoms. The van der Waals surface area contributed by atoms with Crippen molar-refractivity contribution in [2.75, 3.05) is 25.0 Å². The molecule has 1 unspecified atom stereocenters. The largest absolute Gasteiger partial charge is 0.479 e. The van der Waals surface area contributed by atoms with Crippen molar-refractivity contribution >= 4 is 23.2 Å². The van der Waals surface area contributed by atoms with Gasteiger partial charge < -0.3 is 14.5 Å². The number of carbonyl (C=O) groups excluding carboxylic acids is 1. The van der Waals surface area contributed by atoms with Gasteiger partial charge in [-0.3, -0.25) is 4.79 Å². The molecule has 0 radical (unpaired) electrons. The molecule has 2 aromatic carbocycles. The third-order valence-corrected chi connectivity index (χ3v) is 4.83. The first kappa shape index (κ1) is 17.6. The zero-order valence-electron chi connectivity index (χ0n) is 14.8. The predicted octanol–water partition coefficient (Wildman–Crippen LogP) is 3.89. The summed E-state index contributed by atoms with van der Waals surface area (Å²) in [6.45, 7) is 5.80. The Balaban J connectivity index is 1.75. The van der Waals surface area contributed by atoms with Crippen molar-refractivity contribution in [2.45, 2.75) is 26.5 Å². The van der Waals surface area contributed by atoms with E-state index in [1.807, 2.05) is 36.1 Å². The maximum atomic E-state index is 12.9. The van der Waals surface area contributed by atoms with Gasteiger partial charge in [-0.25, -0.2) is 0 Å². The Bertz CT molecular complexity index is 778. The lowest BCUT2D eigenvalue weighted by Crippen LogP contribution is -2.41. The van der Waals surface area contributed by atoms with Gasteiger partial charge in [0.05, 0.1) is 5.02 Å². The van der Waals surface area contributed by atoms with E-state index in [0.717, 1.165) is 17.7 Å². The molecule has 1 aliphatic heterocycles. The Morgan fingerprint density at radius 1 is 1.20 bits per heavy atom. The van der Waals surface area contributed by atoms with Crippen LogP contribution in [0.1, 0.15) is 18.1 Å². The molecule has 1 heterocycles. The minimum absolute atomic E-state index is 0.0253. The van der Waals surface area contributed by atoms with Crippen molar-refractivity contribution in [1.29, 1.82) is 0 Å². The SMILES string of the molecule is Cc1ccc(Cl)c(OC(C)C(=O)N2CCN(C)c3ccccc3C2)c1. The molecule has 0 bridgehead atoms. The summed E-state index contributed by atoms with van der Waals surface area (Å²) in [7, 11) is 2.05. The molecule has 1 atom stereocenters. The van der Waals surface area contributed by atoms with Crippen LogP contribution in [0, 0.1) is 6.92 Å². The highest BCUT2D eigenvalue weighted by Crippen LogP contribution is 2.28. The van der Waals surface area contributed by atoms with E-state index < -0.39 is 6.10 Å². The van der Waals surface area contributed by atoms with Gasteiger partial charge >= 0.3 is 0 Å².